The van der Waals surface area contributed by atoms with Gasteiger partial charge in [0.25, 0.3) is 11.8 Å². The van der Waals surface area contributed by atoms with Crippen LogP contribution in [0.3, 0.4) is 0 Å². The summed E-state index contributed by atoms with van der Waals surface area (Å²) in [6.45, 7) is -0.865. The van der Waals surface area contributed by atoms with Gasteiger partial charge >= 0.3 is 0 Å². The number of para-hydroxylation sites is 1. The lowest BCUT2D eigenvalue weighted by molar-refractivity contribution is 0.0930. The van der Waals surface area contributed by atoms with Gasteiger partial charge < -0.3 is 19.9 Å². The van der Waals surface area contributed by atoms with Gasteiger partial charge in [-0.15, -0.1) is 0 Å². The highest BCUT2D eigenvalue weighted by Crippen LogP contribution is 2.38. The van der Waals surface area contributed by atoms with Crippen LogP contribution in [0.2, 0.25) is 0 Å². The van der Waals surface area contributed by atoms with Crippen molar-refractivity contribution in [2.24, 2.45) is 0 Å². The van der Waals surface area contributed by atoms with Crippen molar-refractivity contribution in [1.82, 2.24) is 9.88 Å². The normalized spacial score (nSPS) is 17.7. The van der Waals surface area contributed by atoms with Crippen LogP contribution in [-0.4, -0.2) is 42.2 Å². The van der Waals surface area contributed by atoms with E-state index in [2.05, 4.69) is 5.32 Å². The molecule has 36 heavy (non-hydrogen) atoms. The second-order valence-electron chi connectivity index (χ2n) is 8.33. The van der Waals surface area contributed by atoms with Gasteiger partial charge in [-0.3, -0.25) is 14.4 Å². The smallest absolute Gasteiger partial charge is 0.279 e. The summed E-state index contributed by atoms with van der Waals surface area (Å²) in [7, 11) is -3.90. The second-order valence-corrected chi connectivity index (χ2v) is 10.3. The minimum atomic E-state index is -3.90. The molecule has 0 aliphatic carbocycles. The summed E-state index contributed by atoms with van der Waals surface area (Å²) < 4.78 is 68.0. The molecule has 0 fully saturated rings. The molecule has 0 radical (unpaired) electrons. The fraction of sp³-hybridized carbons (Fsp3) is 0.174. The first kappa shape index (κ1) is 23.6. The summed E-state index contributed by atoms with van der Waals surface area (Å²) in [6, 6.07) is 5.72. The molecule has 0 spiro atoms. The van der Waals surface area contributed by atoms with Crippen LogP contribution in [0.25, 0.3) is 0 Å². The summed E-state index contributed by atoms with van der Waals surface area (Å²) in [6.07, 6.45) is 0.940. The van der Waals surface area contributed by atoms with Crippen LogP contribution in [0.4, 0.5) is 18.9 Å². The third kappa shape index (κ3) is 3.63. The monoisotopic (exact) mass is 519 g/mol. The number of halogens is 3. The maximum atomic E-state index is 13.9. The predicted molar refractivity (Wildman–Crippen MR) is 119 cm³/mol. The number of carbonyl (C=O) groups excluding carboxylic acids is 2. The van der Waals surface area contributed by atoms with Gasteiger partial charge in [0.05, 0.1) is 22.4 Å². The molecule has 3 heterocycles. The van der Waals surface area contributed by atoms with Gasteiger partial charge in [-0.2, -0.15) is 0 Å². The molecule has 186 valence electrons. The lowest BCUT2D eigenvalue weighted by atomic mass is 10.1. The molecule has 13 heteroatoms. The van der Waals surface area contributed by atoms with E-state index in [1.54, 1.807) is 6.07 Å². The Labute approximate surface area is 201 Å². The lowest BCUT2D eigenvalue weighted by Gasteiger charge is -2.34. The zero-order valence-corrected chi connectivity index (χ0v) is 19.0. The van der Waals surface area contributed by atoms with Crippen molar-refractivity contribution in [3.63, 3.8) is 0 Å². The van der Waals surface area contributed by atoms with Gasteiger partial charge in [0.2, 0.25) is 5.43 Å². The standard InChI is InChI=1S/C23H16F3N3O6S/c24-11-5-15(25)13(16(26)6-11)7-27-22(32)14-9-28-12-8-29(23(33)19(28)21(31)20(14)30)17-3-1-2-4-18(17)36(34,35)10-12/h1-6,9,12,31H,7-8,10H2,(H,27,32)/t12-/m1/s1. The Bertz CT molecular complexity index is 1610. The summed E-state index contributed by atoms with van der Waals surface area (Å²) >= 11 is 0. The average Bonchev–Trinajstić information content (AvgIpc) is 2.91. The Hall–Kier alpha value is -4.13. The first-order chi connectivity index (χ1) is 17.0. The van der Waals surface area contributed by atoms with Crippen LogP contribution in [-0.2, 0) is 16.4 Å². The Balaban J connectivity index is 1.55. The number of aromatic hydroxyl groups is 1. The zero-order valence-electron chi connectivity index (χ0n) is 18.2. The van der Waals surface area contributed by atoms with E-state index in [0.717, 1.165) is 15.7 Å². The molecule has 1 aromatic heterocycles. The molecule has 9 nitrogen and oxygen atoms in total. The van der Waals surface area contributed by atoms with Crippen LogP contribution in [0.5, 0.6) is 5.75 Å². The van der Waals surface area contributed by atoms with E-state index in [-0.39, 0.29) is 17.1 Å². The van der Waals surface area contributed by atoms with Gasteiger partial charge in [0.1, 0.15) is 23.0 Å². The van der Waals surface area contributed by atoms with Crippen molar-refractivity contribution in [3.05, 3.63) is 87.1 Å². The minimum absolute atomic E-state index is 0.0857. The number of amides is 2. The van der Waals surface area contributed by atoms with Crippen molar-refractivity contribution in [1.29, 1.82) is 0 Å². The molecule has 0 saturated heterocycles. The number of nitrogens with one attached hydrogen (secondary N) is 1. The second kappa shape index (κ2) is 8.22. The largest absolute Gasteiger partial charge is 0.503 e. The molecular weight excluding hydrogens is 503 g/mol. The van der Waals surface area contributed by atoms with Gasteiger partial charge in [-0.25, -0.2) is 21.6 Å². The Morgan fingerprint density at radius 1 is 1.11 bits per heavy atom. The van der Waals surface area contributed by atoms with Crippen molar-refractivity contribution in [2.75, 3.05) is 17.2 Å². The topological polar surface area (TPSA) is 126 Å². The van der Waals surface area contributed by atoms with Crippen LogP contribution in [0.1, 0.15) is 32.5 Å². The van der Waals surface area contributed by atoms with Crippen LogP contribution >= 0.6 is 0 Å². The zero-order chi connectivity index (χ0) is 25.9. The highest BCUT2D eigenvalue weighted by Gasteiger charge is 2.42. The van der Waals surface area contributed by atoms with E-state index < -0.39 is 85.4 Å². The number of benzene rings is 2. The maximum Gasteiger partial charge on any atom is 0.279 e. The highest BCUT2D eigenvalue weighted by atomic mass is 32.2. The van der Waals surface area contributed by atoms with E-state index in [9.17, 15) is 41.1 Å². The van der Waals surface area contributed by atoms with Gasteiger partial charge in [-0.05, 0) is 12.1 Å². The molecule has 2 bridgehead atoms. The van der Waals surface area contributed by atoms with Gasteiger partial charge in [-0.1, -0.05) is 12.1 Å². The third-order valence-corrected chi connectivity index (χ3v) is 7.96. The molecule has 2 amide bonds. The Morgan fingerprint density at radius 3 is 2.47 bits per heavy atom. The number of nitrogens with zero attached hydrogens (tertiary/aromatic N) is 2. The quantitative estimate of drug-likeness (QED) is 0.545. The van der Waals surface area contributed by atoms with Crippen LogP contribution in [0.15, 0.2) is 52.3 Å². The Kier molecular flexibility index (Phi) is 5.39. The number of hydrogen-bond acceptors (Lipinski definition) is 6. The van der Waals surface area contributed by atoms with E-state index in [1.165, 1.54) is 18.2 Å². The molecule has 0 saturated carbocycles. The van der Waals surface area contributed by atoms with Crippen LogP contribution < -0.4 is 15.6 Å². The van der Waals surface area contributed by atoms with Crippen LogP contribution in [0, 0.1) is 17.5 Å². The molecule has 2 N–H and O–H groups in total. The van der Waals surface area contributed by atoms with Gasteiger partial charge in [0.15, 0.2) is 21.3 Å². The van der Waals surface area contributed by atoms with Gasteiger partial charge in [0, 0.05) is 37.0 Å². The molecule has 3 aromatic rings. The Morgan fingerprint density at radius 2 is 1.78 bits per heavy atom. The molecule has 5 rings (SSSR count). The molecule has 1 atom stereocenters. The van der Waals surface area contributed by atoms with Crippen molar-refractivity contribution in [3.8, 4) is 5.75 Å². The highest BCUT2D eigenvalue weighted by molar-refractivity contribution is 7.91. The molecular formula is C23H16F3N3O6S. The fourth-order valence-electron chi connectivity index (χ4n) is 4.42. The molecule has 2 aliphatic heterocycles. The summed E-state index contributed by atoms with van der Waals surface area (Å²) in [5, 5.41) is 12.7. The maximum absolute atomic E-state index is 13.9. The van der Waals surface area contributed by atoms with Crippen molar-refractivity contribution >= 4 is 27.3 Å². The fourth-order valence-corrected chi connectivity index (χ4v) is 6.16. The SMILES string of the molecule is O=C(NCc1c(F)cc(F)cc1F)c1cn2c(c(O)c1=O)C(=O)N1C[C@@H]2CS(=O)(=O)c2ccccc21. The number of anilines is 1. The molecule has 2 aromatic carbocycles. The predicted octanol–water partition coefficient (Wildman–Crippen LogP) is 1.89. The number of pyridine rings is 1. The van der Waals surface area contributed by atoms with E-state index in [4.69, 9.17) is 0 Å². The number of sulfone groups is 1. The summed E-state index contributed by atoms with van der Waals surface area (Å²) in [5.41, 5.74) is -2.96. The van der Waals surface area contributed by atoms with Crippen molar-refractivity contribution in [2.45, 2.75) is 17.5 Å². The first-order valence-electron chi connectivity index (χ1n) is 10.5. The van der Waals surface area contributed by atoms with E-state index in [1.807, 2.05) is 0 Å². The summed E-state index contributed by atoms with van der Waals surface area (Å²) in [4.78, 5) is 39.8. The summed E-state index contributed by atoms with van der Waals surface area (Å²) in [5.74, 6) is -7.22. The number of hydrogen-bond donors (Lipinski definition) is 2. The molecule has 0 unspecified atom stereocenters. The first-order valence-corrected chi connectivity index (χ1v) is 12.2. The molecule has 2 aliphatic rings. The number of fused-ring (bicyclic) bond motifs is 6. The lowest BCUT2D eigenvalue weighted by Crippen LogP contribution is -2.45. The van der Waals surface area contributed by atoms with E-state index in [0.29, 0.717) is 12.1 Å². The van der Waals surface area contributed by atoms with E-state index >= 15 is 0 Å². The number of aromatic nitrogens is 1. The number of carbonyl (C=O) groups is 2. The third-order valence-electron chi connectivity index (χ3n) is 6.12. The van der Waals surface area contributed by atoms with Crippen molar-refractivity contribution < 1.29 is 36.3 Å². The average molecular weight is 519 g/mol. The minimum Gasteiger partial charge on any atom is -0.503 e. The number of rotatable bonds is 3.